The second-order valence-electron chi connectivity index (χ2n) is 8.28. The Kier molecular flexibility index (Phi) is 8.06. The second-order valence-corrected chi connectivity index (χ2v) is 9.20. The van der Waals surface area contributed by atoms with Crippen LogP contribution in [0.25, 0.3) is 0 Å². The Labute approximate surface area is 197 Å². The van der Waals surface area contributed by atoms with Crippen molar-refractivity contribution < 1.29 is 14.3 Å². The van der Waals surface area contributed by atoms with E-state index in [1.54, 1.807) is 6.21 Å². The van der Waals surface area contributed by atoms with Crippen LogP contribution in [0.15, 0.2) is 82.4 Å². The van der Waals surface area contributed by atoms with Gasteiger partial charge in [-0.1, -0.05) is 79.2 Å². The van der Waals surface area contributed by atoms with Crippen LogP contribution in [0.4, 0.5) is 0 Å². The van der Waals surface area contributed by atoms with Crippen LogP contribution in [0, 0.1) is 0 Å². The van der Waals surface area contributed by atoms with Gasteiger partial charge in [-0.2, -0.15) is 5.10 Å². The first kappa shape index (κ1) is 23.5. The number of hydrogen-bond donors (Lipinski definition) is 1. The Bertz CT molecular complexity index is 1080. The molecule has 166 valence electrons. The van der Waals surface area contributed by atoms with Gasteiger partial charge in [0.25, 0.3) is 5.91 Å². The Morgan fingerprint density at radius 3 is 2.44 bits per heavy atom. The molecule has 5 nitrogen and oxygen atoms in total. The number of ether oxygens (including phenoxy) is 2. The standard InChI is InChI=1S/C26H27BrN2O3/c1-26(2,3)22-15-21(27)13-14-24(22)32-18-25(30)29-28-16-20-11-7-8-12-23(20)31-17-19-9-5-4-6-10-19/h4-16H,17-18H2,1-3H3,(H,29,30)/b28-16+. The molecule has 3 aromatic rings. The summed E-state index contributed by atoms with van der Waals surface area (Å²) in [7, 11) is 0. The summed E-state index contributed by atoms with van der Waals surface area (Å²) >= 11 is 3.49. The van der Waals surface area contributed by atoms with E-state index in [0.29, 0.717) is 18.1 Å². The van der Waals surface area contributed by atoms with Gasteiger partial charge in [0.15, 0.2) is 6.61 Å². The van der Waals surface area contributed by atoms with E-state index in [0.717, 1.165) is 21.2 Å². The molecule has 0 aromatic heterocycles. The fourth-order valence-corrected chi connectivity index (χ4v) is 3.38. The summed E-state index contributed by atoms with van der Waals surface area (Å²) in [5, 5.41) is 4.06. The van der Waals surface area contributed by atoms with Gasteiger partial charge < -0.3 is 9.47 Å². The molecular formula is C26H27BrN2O3. The molecule has 0 bridgehead atoms. The van der Waals surface area contributed by atoms with Gasteiger partial charge in [0, 0.05) is 15.6 Å². The molecule has 1 N–H and O–H groups in total. The van der Waals surface area contributed by atoms with Gasteiger partial charge in [-0.15, -0.1) is 0 Å². The summed E-state index contributed by atoms with van der Waals surface area (Å²) in [6.07, 6.45) is 1.57. The smallest absolute Gasteiger partial charge is 0.277 e. The minimum absolute atomic E-state index is 0.114. The fraction of sp³-hybridized carbons (Fsp3) is 0.231. The van der Waals surface area contributed by atoms with Crippen molar-refractivity contribution in [3.63, 3.8) is 0 Å². The molecular weight excluding hydrogens is 468 g/mol. The van der Waals surface area contributed by atoms with Crippen LogP contribution in [-0.4, -0.2) is 18.7 Å². The van der Waals surface area contributed by atoms with Crippen LogP contribution < -0.4 is 14.9 Å². The fourth-order valence-electron chi connectivity index (χ4n) is 3.02. The zero-order valence-corrected chi connectivity index (χ0v) is 20.1. The predicted molar refractivity (Wildman–Crippen MR) is 131 cm³/mol. The van der Waals surface area contributed by atoms with Crippen molar-refractivity contribution in [2.45, 2.75) is 32.8 Å². The Morgan fingerprint density at radius 2 is 1.69 bits per heavy atom. The SMILES string of the molecule is CC(C)(C)c1cc(Br)ccc1OCC(=O)N/N=C/c1ccccc1OCc1ccccc1. The van der Waals surface area contributed by atoms with Crippen molar-refractivity contribution in [3.8, 4) is 11.5 Å². The van der Waals surface area contributed by atoms with Gasteiger partial charge >= 0.3 is 0 Å². The van der Waals surface area contributed by atoms with Gasteiger partial charge in [-0.25, -0.2) is 5.43 Å². The van der Waals surface area contributed by atoms with Gasteiger partial charge in [0.2, 0.25) is 0 Å². The molecule has 32 heavy (non-hydrogen) atoms. The molecule has 0 aliphatic rings. The minimum atomic E-state index is -0.341. The normalized spacial score (nSPS) is 11.4. The van der Waals surface area contributed by atoms with E-state index in [1.165, 1.54) is 0 Å². The summed E-state index contributed by atoms with van der Waals surface area (Å²) in [6, 6.07) is 23.2. The lowest BCUT2D eigenvalue weighted by molar-refractivity contribution is -0.123. The van der Waals surface area contributed by atoms with E-state index >= 15 is 0 Å². The van der Waals surface area contributed by atoms with Crippen molar-refractivity contribution in [2.24, 2.45) is 5.10 Å². The van der Waals surface area contributed by atoms with Crippen LogP contribution in [0.5, 0.6) is 11.5 Å². The van der Waals surface area contributed by atoms with Crippen LogP contribution in [-0.2, 0) is 16.8 Å². The third-order valence-corrected chi connectivity index (χ3v) is 5.15. The number of rotatable bonds is 8. The zero-order chi connectivity index (χ0) is 23.0. The van der Waals surface area contributed by atoms with Crippen molar-refractivity contribution in [1.29, 1.82) is 0 Å². The highest BCUT2D eigenvalue weighted by molar-refractivity contribution is 9.10. The quantitative estimate of drug-likeness (QED) is 0.315. The molecule has 0 radical (unpaired) electrons. The molecule has 0 fully saturated rings. The summed E-state index contributed by atoms with van der Waals surface area (Å²) in [6.45, 7) is 6.62. The summed E-state index contributed by atoms with van der Waals surface area (Å²) in [5.41, 5.74) is 5.27. The topological polar surface area (TPSA) is 59.9 Å². The predicted octanol–water partition coefficient (Wildman–Crippen LogP) is 5.85. The van der Waals surface area contributed by atoms with E-state index in [2.05, 4.69) is 47.2 Å². The number of carbonyl (C=O) groups excluding carboxylic acids is 1. The lowest BCUT2D eigenvalue weighted by Crippen LogP contribution is -2.25. The molecule has 3 aromatic carbocycles. The monoisotopic (exact) mass is 494 g/mol. The average molecular weight is 495 g/mol. The molecule has 3 rings (SSSR count). The first-order valence-corrected chi connectivity index (χ1v) is 11.1. The van der Waals surface area contributed by atoms with Crippen LogP contribution in [0.3, 0.4) is 0 Å². The highest BCUT2D eigenvalue weighted by atomic mass is 79.9. The number of benzene rings is 3. The van der Waals surface area contributed by atoms with Crippen molar-refractivity contribution in [3.05, 3.63) is 94.0 Å². The van der Waals surface area contributed by atoms with Crippen LogP contribution in [0.2, 0.25) is 0 Å². The molecule has 0 spiro atoms. The zero-order valence-electron chi connectivity index (χ0n) is 18.5. The highest BCUT2D eigenvalue weighted by Gasteiger charge is 2.20. The van der Waals surface area contributed by atoms with Crippen molar-refractivity contribution >= 4 is 28.1 Å². The van der Waals surface area contributed by atoms with Crippen LogP contribution in [0.1, 0.15) is 37.5 Å². The Morgan fingerprint density at radius 1 is 0.969 bits per heavy atom. The molecule has 0 aliphatic carbocycles. The van der Waals surface area contributed by atoms with Crippen molar-refractivity contribution in [1.82, 2.24) is 5.43 Å². The minimum Gasteiger partial charge on any atom is -0.488 e. The Hall–Kier alpha value is -3.12. The lowest BCUT2D eigenvalue weighted by atomic mass is 9.86. The highest BCUT2D eigenvalue weighted by Crippen LogP contribution is 2.33. The molecule has 0 aliphatic heterocycles. The summed E-state index contributed by atoms with van der Waals surface area (Å²) in [4.78, 5) is 12.2. The average Bonchev–Trinajstić information content (AvgIpc) is 2.77. The van der Waals surface area contributed by atoms with Crippen LogP contribution >= 0.6 is 15.9 Å². The third kappa shape index (κ3) is 6.95. The van der Waals surface area contributed by atoms with Gasteiger partial charge in [-0.3, -0.25) is 4.79 Å². The van der Waals surface area contributed by atoms with Gasteiger partial charge in [-0.05, 0) is 41.3 Å². The number of hydrogen-bond acceptors (Lipinski definition) is 4. The molecule has 1 amide bonds. The van der Waals surface area contributed by atoms with E-state index in [-0.39, 0.29) is 17.9 Å². The number of amides is 1. The maximum absolute atomic E-state index is 12.2. The first-order valence-electron chi connectivity index (χ1n) is 10.3. The van der Waals surface area contributed by atoms with E-state index in [1.807, 2.05) is 72.8 Å². The molecule has 0 atom stereocenters. The Balaban J connectivity index is 1.56. The first-order chi connectivity index (χ1) is 15.3. The number of para-hydroxylation sites is 1. The molecule has 0 heterocycles. The summed E-state index contributed by atoms with van der Waals surface area (Å²) in [5.74, 6) is 1.03. The largest absolute Gasteiger partial charge is 0.488 e. The molecule has 0 saturated carbocycles. The molecule has 0 saturated heterocycles. The van der Waals surface area contributed by atoms with Gasteiger partial charge in [0.1, 0.15) is 18.1 Å². The third-order valence-electron chi connectivity index (χ3n) is 4.66. The number of hydrazone groups is 1. The second kappa shape index (κ2) is 11.0. The summed E-state index contributed by atoms with van der Waals surface area (Å²) < 4.78 is 12.6. The maximum atomic E-state index is 12.2. The van der Waals surface area contributed by atoms with E-state index in [4.69, 9.17) is 9.47 Å². The number of nitrogens with one attached hydrogen (secondary N) is 1. The molecule has 6 heteroatoms. The van der Waals surface area contributed by atoms with Crippen molar-refractivity contribution in [2.75, 3.05) is 6.61 Å². The number of nitrogens with zero attached hydrogens (tertiary/aromatic N) is 1. The number of halogens is 1. The molecule has 0 unspecified atom stereocenters. The number of carbonyl (C=O) groups is 1. The van der Waals surface area contributed by atoms with Gasteiger partial charge in [0.05, 0.1) is 6.21 Å². The lowest BCUT2D eigenvalue weighted by Gasteiger charge is -2.23. The maximum Gasteiger partial charge on any atom is 0.277 e. The van der Waals surface area contributed by atoms with E-state index < -0.39 is 0 Å². The van der Waals surface area contributed by atoms with E-state index in [9.17, 15) is 4.79 Å².